The van der Waals surface area contributed by atoms with Crippen molar-refractivity contribution in [3.8, 4) is 5.75 Å². The zero-order chi connectivity index (χ0) is 14.5. The van der Waals surface area contributed by atoms with Crippen LogP contribution < -0.4 is 10.5 Å². The van der Waals surface area contributed by atoms with Crippen molar-refractivity contribution in [3.05, 3.63) is 65.5 Å². The number of halogens is 1. The number of hydrogen-bond acceptors (Lipinski definition) is 3. The van der Waals surface area contributed by atoms with Gasteiger partial charge in [0.15, 0.2) is 5.78 Å². The third-order valence-electron chi connectivity index (χ3n) is 3.18. The number of methoxy groups -OCH3 is 1. The summed E-state index contributed by atoms with van der Waals surface area (Å²) in [4.78, 5) is 12.6. The van der Waals surface area contributed by atoms with Crippen LogP contribution in [0.1, 0.15) is 21.8 Å². The van der Waals surface area contributed by atoms with Gasteiger partial charge in [0.2, 0.25) is 0 Å². The van der Waals surface area contributed by atoms with Gasteiger partial charge in [-0.2, -0.15) is 0 Å². The summed E-state index contributed by atoms with van der Waals surface area (Å²) in [5.74, 6) is -0.870. The first-order chi connectivity index (χ1) is 9.67. The molecule has 0 aliphatic carbocycles. The number of ketones is 1. The second-order valence-corrected chi connectivity index (χ2v) is 4.41. The second kappa shape index (κ2) is 6.30. The van der Waals surface area contributed by atoms with Gasteiger partial charge in [-0.25, -0.2) is 4.39 Å². The number of Topliss-reactive ketones (excluding diaryl/α,β-unsaturated/α-hetero) is 1. The van der Waals surface area contributed by atoms with Gasteiger partial charge in [-0.1, -0.05) is 30.3 Å². The Morgan fingerprint density at radius 1 is 1.25 bits per heavy atom. The maximum atomic E-state index is 13.4. The molecule has 0 saturated carbocycles. The van der Waals surface area contributed by atoms with Crippen molar-refractivity contribution in [2.24, 2.45) is 5.73 Å². The first-order valence-corrected chi connectivity index (χ1v) is 6.30. The van der Waals surface area contributed by atoms with Crippen LogP contribution in [0.15, 0.2) is 48.5 Å². The molecule has 1 atom stereocenters. The number of ether oxygens (including phenoxy) is 1. The van der Waals surface area contributed by atoms with Crippen LogP contribution in [-0.2, 0) is 0 Å². The van der Waals surface area contributed by atoms with E-state index < -0.39 is 11.7 Å². The first-order valence-electron chi connectivity index (χ1n) is 6.30. The fraction of sp³-hybridized carbons (Fsp3) is 0.188. The van der Waals surface area contributed by atoms with E-state index in [9.17, 15) is 9.18 Å². The number of rotatable bonds is 5. The fourth-order valence-electron chi connectivity index (χ4n) is 2.14. The van der Waals surface area contributed by atoms with E-state index in [0.717, 1.165) is 5.56 Å². The van der Waals surface area contributed by atoms with Crippen molar-refractivity contribution < 1.29 is 13.9 Å². The van der Waals surface area contributed by atoms with Crippen LogP contribution >= 0.6 is 0 Å². The van der Waals surface area contributed by atoms with Gasteiger partial charge in [0.1, 0.15) is 11.6 Å². The number of benzene rings is 2. The molecule has 0 aliphatic rings. The summed E-state index contributed by atoms with van der Waals surface area (Å²) in [6, 6.07) is 13.1. The standard InChI is InChI=1S/C16H16FNO2/c1-20-15-8-7-12(17)9-13(15)16(19)14(10-18)11-5-3-2-4-6-11/h2-9,14H,10,18H2,1H3. The highest BCUT2D eigenvalue weighted by atomic mass is 19.1. The van der Waals surface area contributed by atoms with Crippen molar-refractivity contribution in [1.29, 1.82) is 0 Å². The summed E-state index contributed by atoms with van der Waals surface area (Å²) >= 11 is 0. The Kier molecular flexibility index (Phi) is 4.48. The third kappa shape index (κ3) is 2.86. The Morgan fingerprint density at radius 3 is 2.55 bits per heavy atom. The van der Waals surface area contributed by atoms with E-state index in [-0.39, 0.29) is 17.9 Å². The summed E-state index contributed by atoms with van der Waals surface area (Å²) < 4.78 is 18.5. The smallest absolute Gasteiger partial charge is 0.175 e. The van der Waals surface area contributed by atoms with Crippen molar-refractivity contribution in [1.82, 2.24) is 0 Å². The molecule has 0 aromatic heterocycles. The molecule has 0 saturated heterocycles. The topological polar surface area (TPSA) is 52.3 Å². The molecule has 20 heavy (non-hydrogen) atoms. The highest BCUT2D eigenvalue weighted by molar-refractivity contribution is 6.03. The average molecular weight is 273 g/mol. The van der Waals surface area contributed by atoms with Crippen molar-refractivity contribution in [2.75, 3.05) is 13.7 Å². The number of carbonyl (C=O) groups excluding carboxylic acids is 1. The first kappa shape index (κ1) is 14.2. The molecule has 0 bridgehead atoms. The van der Waals surface area contributed by atoms with Gasteiger partial charge < -0.3 is 10.5 Å². The monoisotopic (exact) mass is 273 g/mol. The summed E-state index contributed by atoms with van der Waals surface area (Å²) in [7, 11) is 1.45. The predicted octanol–water partition coefficient (Wildman–Crippen LogP) is 2.76. The molecule has 3 nitrogen and oxygen atoms in total. The highest BCUT2D eigenvalue weighted by Gasteiger charge is 2.23. The van der Waals surface area contributed by atoms with Crippen molar-refractivity contribution >= 4 is 5.78 Å². The molecule has 0 fully saturated rings. The SMILES string of the molecule is COc1ccc(F)cc1C(=O)C(CN)c1ccccc1. The summed E-state index contributed by atoms with van der Waals surface area (Å²) in [5.41, 5.74) is 6.74. The van der Waals surface area contributed by atoms with E-state index in [1.54, 1.807) is 0 Å². The Balaban J connectivity index is 2.41. The minimum Gasteiger partial charge on any atom is -0.496 e. The average Bonchev–Trinajstić information content (AvgIpc) is 2.49. The van der Waals surface area contributed by atoms with Gasteiger partial charge in [0, 0.05) is 6.54 Å². The molecule has 0 heterocycles. The van der Waals surface area contributed by atoms with E-state index in [1.165, 1.54) is 25.3 Å². The van der Waals surface area contributed by atoms with Crippen LogP contribution in [0.3, 0.4) is 0 Å². The molecular weight excluding hydrogens is 257 g/mol. The lowest BCUT2D eigenvalue weighted by atomic mass is 9.90. The number of nitrogens with two attached hydrogens (primary N) is 1. The molecule has 2 rings (SSSR count). The maximum absolute atomic E-state index is 13.4. The molecule has 2 aromatic rings. The molecule has 2 aromatic carbocycles. The highest BCUT2D eigenvalue weighted by Crippen LogP contribution is 2.26. The molecule has 1 unspecified atom stereocenters. The fourth-order valence-corrected chi connectivity index (χ4v) is 2.14. The molecule has 0 amide bonds. The van der Waals surface area contributed by atoms with Gasteiger partial charge in [-0.05, 0) is 23.8 Å². The van der Waals surface area contributed by atoms with E-state index in [2.05, 4.69) is 0 Å². The quantitative estimate of drug-likeness (QED) is 0.852. The maximum Gasteiger partial charge on any atom is 0.175 e. The summed E-state index contributed by atoms with van der Waals surface area (Å²) in [5, 5.41) is 0. The van der Waals surface area contributed by atoms with E-state index in [0.29, 0.717) is 5.75 Å². The van der Waals surface area contributed by atoms with Gasteiger partial charge in [0.05, 0.1) is 18.6 Å². The number of hydrogen-bond donors (Lipinski definition) is 1. The third-order valence-corrected chi connectivity index (χ3v) is 3.18. The van der Waals surface area contributed by atoms with Gasteiger partial charge in [-0.15, -0.1) is 0 Å². The predicted molar refractivity (Wildman–Crippen MR) is 75.5 cm³/mol. The Hall–Kier alpha value is -2.20. The van der Waals surface area contributed by atoms with Crippen LogP contribution in [0.5, 0.6) is 5.75 Å². The Bertz CT molecular complexity index is 599. The van der Waals surface area contributed by atoms with Gasteiger partial charge in [0.25, 0.3) is 0 Å². The molecular formula is C16H16FNO2. The Morgan fingerprint density at radius 2 is 1.95 bits per heavy atom. The van der Waals surface area contributed by atoms with E-state index >= 15 is 0 Å². The van der Waals surface area contributed by atoms with Gasteiger partial charge in [-0.3, -0.25) is 4.79 Å². The molecule has 104 valence electrons. The second-order valence-electron chi connectivity index (χ2n) is 4.41. The van der Waals surface area contributed by atoms with Crippen LogP contribution in [0.4, 0.5) is 4.39 Å². The van der Waals surface area contributed by atoms with E-state index in [1.807, 2.05) is 30.3 Å². The zero-order valence-corrected chi connectivity index (χ0v) is 11.2. The largest absolute Gasteiger partial charge is 0.496 e. The van der Waals surface area contributed by atoms with Crippen molar-refractivity contribution in [2.45, 2.75) is 5.92 Å². The molecule has 4 heteroatoms. The van der Waals surface area contributed by atoms with E-state index in [4.69, 9.17) is 10.5 Å². The van der Waals surface area contributed by atoms with Crippen LogP contribution in [0.2, 0.25) is 0 Å². The molecule has 0 spiro atoms. The lowest BCUT2D eigenvalue weighted by Crippen LogP contribution is -2.22. The van der Waals surface area contributed by atoms with Crippen molar-refractivity contribution in [3.63, 3.8) is 0 Å². The minimum absolute atomic E-state index is 0.155. The lowest BCUT2D eigenvalue weighted by molar-refractivity contribution is 0.0959. The Labute approximate surface area is 117 Å². The van der Waals surface area contributed by atoms with Gasteiger partial charge >= 0.3 is 0 Å². The van der Waals surface area contributed by atoms with Crippen LogP contribution in [0, 0.1) is 5.82 Å². The molecule has 0 radical (unpaired) electrons. The molecule has 2 N–H and O–H groups in total. The lowest BCUT2D eigenvalue weighted by Gasteiger charge is -2.16. The summed E-state index contributed by atoms with van der Waals surface area (Å²) in [6.45, 7) is 0.155. The number of carbonyl (C=O) groups is 1. The normalized spacial score (nSPS) is 11.9. The molecule has 0 aliphatic heterocycles. The van der Waals surface area contributed by atoms with Crippen LogP contribution in [-0.4, -0.2) is 19.4 Å². The zero-order valence-electron chi connectivity index (χ0n) is 11.2. The summed E-state index contributed by atoms with van der Waals surface area (Å²) in [6.07, 6.45) is 0. The van der Waals surface area contributed by atoms with Crippen LogP contribution in [0.25, 0.3) is 0 Å². The minimum atomic E-state index is -0.508.